The molecule has 158 valence electrons. The van der Waals surface area contributed by atoms with Crippen LogP contribution in [0.3, 0.4) is 0 Å². The molecule has 0 aliphatic carbocycles. The van der Waals surface area contributed by atoms with Crippen molar-refractivity contribution in [3.63, 3.8) is 0 Å². The third-order valence-electron chi connectivity index (χ3n) is 5.70. The number of hydrogen-bond donors (Lipinski definition) is 5. The minimum Gasteiger partial charge on any atom is -0.388 e. The molecule has 1 amide bonds. The van der Waals surface area contributed by atoms with E-state index in [0.29, 0.717) is 5.92 Å². The molecule has 0 aromatic heterocycles. The molecule has 0 saturated carbocycles. The average molecular weight is 425 g/mol. The summed E-state index contributed by atoms with van der Waals surface area (Å²) in [7, 11) is 0. The lowest BCUT2D eigenvalue weighted by Gasteiger charge is -2.44. The zero-order chi connectivity index (χ0) is 20.1. The summed E-state index contributed by atoms with van der Waals surface area (Å²) >= 11 is 7.53. The second-order valence-corrected chi connectivity index (χ2v) is 9.16. The molecule has 2 aliphatic rings. The van der Waals surface area contributed by atoms with Crippen LogP contribution in [0, 0.1) is 5.92 Å². The van der Waals surface area contributed by atoms with Gasteiger partial charge >= 0.3 is 0 Å². The molecular weight excluding hydrogens is 392 g/mol. The molecule has 0 radical (unpaired) electrons. The number of aliphatic hydroxyl groups excluding tert-OH is 3. The number of hydrogen-bond acceptors (Lipinski definition) is 7. The molecule has 9 atom stereocenters. The van der Waals surface area contributed by atoms with E-state index in [1.165, 1.54) is 11.8 Å². The number of aliphatic hydroxyl groups is 3. The third kappa shape index (κ3) is 5.72. The van der Waals surface area contributed by atoms with E-state index in [4.69, 9.17) is 16.3 Å². The second kappa shape index (κ2) is 10.6. The van der Waals surface area contributed by atoms with Crippen molar-refractivity contribution in [2.75, 3.05) is 12.8 Å². The average Bonchev–Trinajstić information content (AvgIpc) is 2.90. The quantitative estimate of drug-likeness (QED) is 0.393. The molecule has 0 aromatic carbocycles. The molecule has 2 aliphatic heterocycles. The van der Waals surface area contributed by atoms with E-state index in [0.717, 1.165) is 32.2 Å². The smallest absolute Gasteiger partial charge is 0.237 e. The number of alkyl halides is 1. The van der Waals surface area contributed by atoms with Gasteiger partial charge in [-0.25, -0.2) is 0 Å². The first kappa shape index (κ1) is 23.2. The van der Waals surface area contributed by atoms with Crippen LogP contribution in [-0.2, 0) is 9.53 Å². The number of nitrogens with one attached hydrogen (secondary N) is 2. The van der Waals surface area contributed by atoms with Crippen molar-refractivity contribution in [2.24, 2.45) is 5.92 Å². The summed E-state index contributed by atoms with van der Waals surface area (Å²) in [5.74, 6) is 0.446. The van der Waals surface area contributed by atoms with E-state index < -0.39 is 41.3 Å². The first-order valence-electron chi connectivity index (χ1n) is 9.70. The van der Waals surface area contributed by atoms with Crippen LogP contribution in [0.4, 0.5) is 0 Å². The van der Waals surface area contributed by atoms with Gasteiger partial charge in [0.05, 0.1) is 17.5 Å². The minimum absolute atomic E-state index is 0.179. The summed E-state index contributed by atoms with van der Waals surface area (Å²) in [6, 6.07) is -1.01. The fraction of sp³-hybridized carbons (Fsp3) is 0.944. The van der Waals surface area contributed by atoms with Gasteiger partial charge in [0.25, 0.3) is 0 Å². The van der Waals surface area contributed by atoms with Crippen molar-refractivity contribution in [3.05, 3.63) is 0 Å². The molecule has 2 fully saturated rings. The van der Waals surface area contributed by atoms with Gasteiger partial charge in [0.15, 0.2) is 0 Å². The summed E-state index contributed by atoms with van der Waals surface area (Å²) in [5.41, 5.74) is -0.704. The van der Waals surface area contributed by atoms with Crippen LogP contribution in [0.1, 0.15) is 39.5 Å². The number of rotatable bonds is 6. The van der Waals surface area contributed by atoms with Gasteiger partial charge in [-0.2, -0.15) is 0 Å². The lowest BCUT2D eigenvalue weighted by molar-refractivity contribution is -0.205. The molecule has 7 nitrogen and oxygen atoms in total. The van der Waals surface area contributed by atoms with Crippen molar-refractivity contribution in [1.82, 2.24) is 10.6 Å². The summed E-state index contributed by atoms with van der Waals surface area (Å²) in [6.07, 6.45) is 0.816. The summed E-state index contributed by atoms with van der Waals surface area (Å²) in [6.45, 7) is 4.67. The zero-order valence-electron chi connectivity index (χ0n) is 16.2. The van der Waals surface area contributed by atoms with Gasteiger partial charge < -0.3 is 30.7 Å². The fourth-order valence-corrected chi connectivity index (χ4v) is 4.72. The SMILES string of the molecule is CCC1CCN[C@H](C(=O)N[C@@H]([C@H]2O[C@H](SC)[C@H](O)[C@@H](O)[C@H]2O)[C@H](C)Cl)CC1. The van der Waals surface area contributed by atoms with Crippen molar-refractivity contribution >= 4 is 29.3 Å². The van der Waals surface area contributed by atoms with Gasteiger partial charge in [-0.05, 0) is 44.9 Å². The molecule has 5 N–H and O–H groups in total. The Balaban J connectivity index is 2.07. The van der Waals surface area contributed by atoms with Crippen LogP contribution in [0.2, 0.25) is 0 Å². The highest BCUT2D eigenvalue weighted by molar-refractivity contribution is 7.99. The first-order valence-corrected chi connectivity index (χ1v) is 11.4. The molecule has 2 heterocycles. The maximum absolute atomic E-state index is 12.8. The third-order valence-corrected chi connectivity index (χ3v) is 6.82. The molecular formula is C18H33ClN2O5S. The van der Waals surface area contributed by atoms with Gasteiger partial charge in [0.1, 0.15) is 29.9 Å². The number of thioether (sulfide) groups is 1. The fourth-order valence-electron chi connectivity index (χ4n) is 3.83. The molecule has 0 spiro atoms. The molecule has 2 rings (SSSR count). The van der Waals surface area contributed by atoms with Crippen LogP contribution in [0.15, 0.2) is 0 Å². The first-order chi connectivity index (χ1) is 12.8. The van der Waals surface area contributed by atoms with Gasteiger partial charge in [-0.3, -0.25) is 4.79 Å². The van der Waals surface area contributed by atoms with E-state index in [9.17, 15) is 20.1 Å². The standard InChI is InChI=1S/C18H33ClN2O5S/c1-4-10-5-6-11(20-8-7-10)17(25)21-12(9(2)19)16-14(23)13(22)15(24)18(26-16)27-3/h9-16,18,20,22-24H,4-8H2,1-3H3,(H,21,25)/t9-,10?,11-,12+,13-,14+,15+,16+,18+/m0/s1. The number of ether oxygens (including phenoxy) is 1. The lowest BCUT2D eigenvalue weighted by atomic mass is 9.92. The van der Waals surface area contributed by atoms with Crippen LogP contribution in [0.25, 0.3) is 0 Å². The summed E-state index contributed by atoms with van der Waals surface area (Å²) in [4.78, 5) is 12.8. The number of carbonyl (C=O) groups excluding carboxylic acids is 1. The normalized spacial score (nSPS) is 40.0. The number of halogens is 1. The Kier molecular flexibility index (Phi) is 9.12. The van der Waals surface area contributed by atoms with Crippen LogP contribution < -0.4 is 10.6 Å². The number of amides is 1. The zero-order valence-corrected chi connectivity index (χ0v) is 17.7. The van der Waals surface area contributed by atoms with E-state index in [-0.39, 0.29) is 11.9 Å². The Morgan fingerprint density at radius 1 is 1.26 bits per heavy atom. The minimum atomic E-state index is -1.36. The maximum atomic E-state index is 12.8. The lowest BCUT2D eigenvalue weighted by Crippen LogP contribution is -2.65. The van der Waals surface area contributed by atoms with Crippen molar-refractivity contribution in [2.45, 2.75) is 86.8 Å². The van der Waals surface area contributed by atoms with Gasteiger partial charge in [0.2, 0.25) is 5.91 Å². The monoisotopic (exact) mass is 424 g/mol. The molecule has 1 unspecified atom stereocenters. The van der Waals surface area contributed by atoms with E-state index in [1.807, 2.05) is 0 Å². The van der Waals surface area contributed by atoms with Crippen LogP contribution in [-0.4, -0.2) is 81.3 Å². The second-order valence-electron chi connectivity index (χ2n) is 7.54. The Morgan fingerprint density at radius 3 is 2.56 bits per heavy atom. The highest BCUT2D eigenvalue weighted by Crippen LogP contribution is 2.30. The van der Waals surface area contributed by atoms with Crippen LogP contribution in [0.5, 0.6) is 0 Å². The Morgan fingerprint density at radius 2 is 1.96 bits per heavy atom. The highest BCUT2D eigenvalue weighted by atomic mass is 35.5. The van der Waals surface area contributed by atoms with Crippen molar-refractivity contribution in [1.29, 1.82) is 0 Å². The molecule has 0 bridgehead atoms. The largest absolute Gasteiger partial charge is 0.388 e. The molecule has 9 heteroatoms. The van der Waals surface area contributed by atoms with E-state index in [2.05, 4.69) is 17.6 Å². The topological polar surface area (TPSA) is 111 Å². The Labute approximate surface area is 170 Å². The molecule has 2 saturated heterocycles. The van der Waals surface area contributed by atoms with E-state index >= 15 is 0 Å². The molecule has 0 aromatic rings. The Bertz CT molecular complexity index is 485. The van der Waals surface area contributed by atoms with Gasteiger partial charge in [-0.15, -0.1) is 23.4 Å². The van der Waals surface area contributed by atoms with E-state index in [1.54, 1.807) is 13.2 Å². The molecule has 27 heavy (non-hydrogen) atoms. The van der Waals surface area contributed by atoms with Crippen molar-refractivity contribution in [3.8, 4) is 0 Å². The summed E-state index contributed by atoms with van der Waals surface area (Å²) < 4.78 is 5.78. The maximum Gasteiger partial charge on any atom is 0.237 e. The summed E-state index contributed by atoms with van der Waals surface area (Å²) in [5, 5.41) is 36.3. The number of carbonyl (C=O) groups is 1. The van der Waals surface area contributed by atoms with Crippen LogP contribution >= 0.6 is 23.4 Å². The van der Waals surface area contributed by atoms with Crippen molar-refractivity contribution < 1.29 is 24.9 Å². The Hall–Kier alpha value is -0.0900. The predicted octanol–water partition coefficient (Wildman–Crippen LogP) is 0.437. The predicted molar refractivity (Wildman–Crippen MR) is 107 cm³/mol. The van der Waals surface area contributed by atoms with Gasteiger partial charge in [0, 0.05) is 0 Å². The highest BCUT2D eigenvalue weighted by Gasteiger charge is 2.48. The van der Waals surface area contributed by atoms with Gasteiger partial charge in [-0.1, -0.05) is 13.3 Å².